The van der Waals surface area contributed by atoms with E-state index in [2.05, 4.69) is 4.90 Å². The fourth-order valence-corrected chi connectivity index (χ4v) is 3.49. The second kappa shape index (κ2) is 6.72. The van der Waals surface area contributed by atoms with Crippen molar-refractivity contribution in [3.8, 4) is 0 Å². The van der Waals surface area contributed by atoms with Crippen LogP contribution in [-0.4, -0.2) is 41.8 Å². The lowest BCUT2D eigenvalue weighted by Gasteiger charge is -2.47. The van der Waals surface area contributed by atoms with E-state index >= 15 is 0 Å². The number of hydrogen-bond acceptors (Lipinski definition) is 3. The average molecular weight is 240 g/mol. The summed E-state index contributed by atoms with van der Waals surface area (Å²) in [6.45, 7) is 2.23. The van der Waals surface area contributed by atoms with Crippen molar-refractivity contribution in [2.45, 2.75) is 63.5 Å². The lowest BCUT2D eigenvalue weighted by molar-refractivity contribution is 0.0265. The van der Waals surface area contributed by atoms with Crippen molar-refractivity contribution in [3.05, 3.63) is 0 Å². The van der Waals surface area contributed by atoms with Crippen LogP contribution >= 0.6 is 0 Å². The van der Waals surface area contributed by atoms with Gasteiger partial charge in [0.1, 0.15) is 0 Å². The molecule has 2 fully saturated rings. The smallest absolute Gasteiger partial charge is 0.0443 e. The second-order valence-corrected chi connectivity index (χ2v) is 5.75. The number of nitrogens with zero attached hydrogens (tertiary/aromatic N) is 1. The van der Waals surface area contributed by atoms with Crippen LogP contribution in [0.15, 0.2) is 0 Å². The number of hydrogen-bond donors (Lipinski definition) is 2. The molecule has 2 aliphatic carbocycles. The SMILES string of the molecule is NCC1CCCCC1N(CCCO)C1CCC1. The van der Waals surface area contributed by atoms with Crippen LogP contribution in [0.4, 0.5) is 0 Å². The molecule has 17 heavy (non-hydrogen) atoms. The van der Waals surface area contributed by atoms with E-state index in [0.717, 1.165) is 25.6 Å². The van der Waals surface area contributed by atoms with Crippen molar-refractivity contribution in [1.29, 1.82) is 0 Å². The third kappa shape index (κ3) is 3.21. The lowest BCUT2D eigenvalue weighted by atomic mass is 9.80. The topological polar surface area (TPSA) is 49.5 Å². The Hall–Kier alpha value is -0.120. The predicted molar refractivity (Wildman–Crippen MR) is 70.8 cm³/mol. The van der Waals surface area contributed by atoms with E-state index in [1.807, 2.05) is 0 Å². The lowest BCUT2D eigenvalue weighted by Crippen LogP contribution is -2.52. The number of rotatable bonds is 6. The summed E-state index contributed by atoms with van der Waals surface area (Å²) in [6, 6.07) is 1.49. The molecule has 0 saturated heterocycles. The molecule has 2 saturated carbocycles. The van der Waals surface area contributed by atoms with Gasteiger partial charge in [0, 0.05) is 25.2 Å². The molecule has 0 radical (unpaired) electrons. The third-order valence-corrected chi connectivity index (χ3v) is 4.72. The molecule has 0 aliphatic heterocycles. The third-order valence-electron chi connectivity index (χ3n) is 4.72. The first-order chi connectivity index (χ1) is 8.36. The Labute approximate surface area is 105 Å². The highest BCUT2D eigenvalue weighted by molar-refractivity contribution is 4.90. The summed E-state index contributed by atoms with van der Waals surface area (Å²) in [4.78, 5) is 2.69. The molecule has 2 aliphatic rings. The molecule has 0 amide bonds. The van der Waals surface area contributed by atoms with Crippen molar-refractivity contribution >= 4 is 0 Å². The zero-order chi connectivity index (χ0) is 12.1. The molecule has 3 N–H and O–H groups in total. The Kier molecular flexibility index (Phi) is 5.26. The normalized spacial score (nSPS) is 30.5. The van der Waals surface area contributed by atoms with Gasteiger partial charge in [-0.25, -0.2) is 0 Å². The summed E-state index contributed by atoms with van der Waals surface area (Å²) in [6.07, 6.45) is 10.4. The van der Waals surface area contributed by atoms with Crippen molar-refractivity contribution in [3.63, 3.8) is 0 Å². The molecule has 0 bridgehead atoms. The summed E-state index contributed by atoms with van der Waals surface area (Å²) in [5.41, 5.74) is 5.94. The minimum atomic E-state index is 0.323. The van der Waals surface area contributed by atoms with Crippen LogP contribution in [0.25, 0.3) is 0 Å². The molecule has 2 rings (SSSR count). The highest BCUT2D eigenvalue weighted by atomic mass is 16.3. The minimum Gasteiger partial charge on any atom is -0.396 e. The van der Waals surface area contributed by atoms with E-state index in [9.17, 15) is 0 Å². The summed E-state index contributed by atoms with van der Waals surface area (Å²) in [7, 11) is 0. The van der Waals surface area contributed by atoms with Crippen LogP contribution in [-0.2, 0) is 0 Å². The van der Waals surface area contributed by atoms with Gasteiger partial charge in [0.15, 0.2) is 0 Å². The summed E-state index contributed by atoms with van der Waals surface area (Å²) < 4.78 is 0. The Bertz CT molecular complexity index is 218. The van der Waals surface area contributed by atoms with E-state index < -0.39 is 0 Å². The summed E-state index contributed by atoms with van der Waals surface area (Å²) in [5.74, 6) is 0.697. The van der Waals surface area contributed by atoms with E-state index in [4.69, 9.17) is 10.8 Å². The van der Waals surface area contributed by atoms with Gasteiger partial charge in [0.05, 0.1) is 0 Å². The Morgan fingerprint density at radius 3 is 2.41 bits per heavy atom. The van der Waals surface area contributed by atoms with E-state index in [0.29, 0.717) is 18.6 Å². The summed E-state index contributed by atoms with van der Waals surface area (Å²) in [5, 5.41) is 9.06. The highest BCUT2D eigenvalue weighted by Crippen LogP contribution is 2.34. The summed E-state index contributed by atoms with van der Waals surface area (Å²) >= 11 is 0. The molecule has 100 valence electrons. The average Bonchev–Trinajstić information content (AvgIpc) is 2.32. The molecular weight excluding hydrogens is 212 g/mol. The number of aliphatic hydroxyl groups excluding tert-OH is 1. The highest BCUT2D eigenvalue weighted by Gasteiger charge is 2.35. The zero-order valence-electron chi connectivity index (χ0n) is 11.0. The van der Waals surface area contributed by atoms with Crippen LogP contribution in [0.5, 0.6) is 0 Å². The van der Waals surface area contributed by atoms with Gasteiger partial charge in [-0.3, -0.25) is 4.90 Å². The monoisotopic (exact) mass is 240 g/mol. The molecule has 0 aromatic carbocycles. The first-order valence-corrected chi connectivity index (χ1v) is 7.43. The number of aliphatic hydroxyl groups is 1. The van der Waals surface area contributed by atoms with Crippen molar-refractivity contribution in [1.82, 2.24) is 4.90 Å². The largest absolute Gasteiger partial charge is 0.396 e. The fraction of sp³-hybridized carbons (Fsp3) is 1.00. The van der Waals surface area contributed by atoms with Gasteiger partial charge in [-0.05, 0) is 44.6 Å². The maximum absolute atomic E-state index is 9.06. The minimum absolute atomic E-state index is 0.323. The van der Waals surface area contributed by atoms with E-state index in [1.165, 1.54) is 44.9 Å². The van der Waals surface area contributed by atoms with Crippen LogP contribution < -0.4 is 5.73 Å². The van der Waals surface area contributed by atoms with Crippen LogP contribution in [0.1, 0.15) is 51.4 Å². The Morgan fingerprint density at radius 2 is 1.82 bits per heavy atom. The first-order valence-electron chi connectivity index (χ1n) is 7.43. The molecule has 2 atom stereocenters. The quantitative estimate of drug-likeness (QED) is 0.743. The molecule has 3 nitrogen and oxygen atoms in total. The maximum Gasteiger partial charge on any atom is 0.0443 e. The van der Waals surface area contributed by atoms with Gasteiger partial charge in [0.25, 0.3) is 0 Å². The van der Waals surface area contributed by atoms with Crippen molar-refractivity contribution in [2.75, 3.05) is 19.7 Å². The van der Waals surface area contributed by atoms with E-state index in [1.54, 1.807) is 0 Å². The van der Waals surface area contributed by atoms with Crippen LogP contribution in [0, 0.1) is 5.92 Å². The molecular formula is C14H28N2O. The standard InChI is InChI=1S/C14H28N2O/c15-11-12-5-1-2-8-14(12)16(9-4-10-17)13-6-3-7-13/h12-14,17H,1-11,15H2. The molecule has 3 heteroatoms. The Balaban J connectivity index is 1.95. The Morgan fingerprint density at radius 1 is 1.06 bits per heavy atom. The van der Waals surface area contributed by atoms with Gasteiger partial charge < -0.3 is 10.8 Å². The predicted octanol–water partition coefficient (Wildman–Crippen LogP) is 1.74. The maximum atomic E-state index is 9.06. The molecule has 2 unspecified atom stereocenters. The van der Waals surface area contributed by atoms with Crippen LogP contribution in [0.3, 0.4) is 0 Å². The second-order valence-electron chi connectivity index (χ2n) is 5.75. The molecule has 0 aromatic heterocycles. The van der Waals surface area contributed by atoms with Gasteiger partial charge in [-0.2, -0.15) is 0 Å². The molecule has 0 aromatic rings. The van der Waals surface area contributed by atoms with Crippen molar-refractivity contribution in [2.24, 2.45) is 11.7 Å². The van der Waals surface area contributed by atoms with Crippen LogP contribution in [0.2, 0.25) is 0 Å². The van der Waals surface area contributed by atoms with Gasteiger partial charge in [0.2, 0.25) is 0 Å². The molecule has 0 spiro atoms. The van der Waals surface area contributed by atoms with Gasteiger partial charge in [-0.15, -0.1) is 0 Å². The fourth-order valence-electron chi connectivity index (χ4n) is 3.49. The zero-order valence-corrected chi connectivity index (χ0v) is 11.0. The van der Waals surface area contributed by atoms with Gasteiger partial charge >= 0.3 is 0 Å². The van der Waals surface area contributed by atoms with E-state index in [-0.39, 0.29) is 0 Å². The van der Waals surface area contributed by atoms with Gasteiger partial charge in [-0.1, -0.05) is 19.3 Å². The first kappa shape index (κ1) is 13.3. The molecule has 0 heterocycles. The van der Waals surface area contributed by atoms with Crippen molar-refractivity contribution < 1.29 is 5.11 Å². The number of nitrogens with two attached hydrogens (primary N) is 1.